The van der Waals surface area contributed by atoms with Gasteiger partial charge < -0.3 is 4.57 Å². The number of thioether (sulfide) groups is 1. The highest BCUT2D eigenvalue weighted by Crippen LogP contribution is 2.33. The smallest absolute Gasteiger partial charge is 0.191 e. The second-order valence-electron chi connectivity index (χ2n) is 5.93. The van der Waals surface area contributed by atoms with Gasteiger partial charge in [-0.05, 0) is 31.0 Å². The van der Waals surface area contributed by atoms with E-state index >= 15 is 0 Å². The summed E-state index contributed by atoms with van der Waals surface area (Å²) in [6, 6.07) is 6.92. The molecule has 3 nitrogen and oxygen atoms in total. The topological polar surface area (TPSA) is 30.7 Å². The molecule has 0 aliphatic rings. The van der Waals surface area contributed by atoms with Crippen LogP contribution in [0, 0.1) is 5.82 Å². The Bertz CT molecular complexity index is 853. The van der Waals surface area contributed by atoms with Gasteiger partial charge in [-0.1, -0.05) is 43.3 Å². The third kappa shape index (κ3) is 3.91. The summed E-state index contributed by atoms with van der Waals surface area (Å²) in [6.45, 7) is 7.17. The quantitative estimate of drug-likeness (QED) is 0.463. The molecule has 0 fully saturated rings. The number of benzene rings is 1. The van der Waals surface area contributed by atoms with Gasteiger partial charge in [-0.3, -0.25) is 0 Å². The molecule has 0 atom stereocenters. The first kappa shape index (κ1) is 18.4. The van der Waals surface area contributed by atoms with E-state index in [9.17, 15) is 4.39 Å². The predicted molar refractivity (Wildman–Crippen MR) is 104 cm³/mol. The van der Waals surface area contributed by atoms with Crippen LogP contribution in [0.25, 0.3) is 11.4 Å². The molecule has 0 N–H and O–H groups in total. The Morgan fingerprint density at radius 2 is 2.12 bits per heavy atom. The Morgan fingerprint density at radius 1 is 1.32 bits per heavy atom. The molecule has 0 saturated heterocycles. The molecule has 0 aliphatic heterocycles. The van der Waals surface area contributed by atoms with E-state index in [4.69, 9.17) is 11.6 Å². The highest BCUT2D eigenvalue weighted by molar-refractivity contribution is 7.98. The number of halogens is 2. The van der Waals surface area contributed by atoms with E-state index in [-0.39, 0.29) is 5.82 Å². The van der Waals surface area contributed by atoms with Gasteiger partial charge in [0.25, 0.3) is 0 Å². The first-order chi connectivity index (χ1) is 12.0. The van der Waals surface area contributed by atoms with Crippen LogP contribution >= 0.6 is 34.7 Å². The van der Waals surface area contributed by atoms with Crippen molar-refractivity contribution in [3.63, 3.8) is 0 Å². The summed E-state index contributed by atoms with van der Waals surface area (Å²) in [5.74, 6) is 1.48. The predicted octanol–water partition coefficient (Wildman–Crippen LogP) is 6.23. The number of nitrogens with zero attached hydrogens (tertiary/aromatic N) is 3. The molecule has 25 heavy (non-hydrogen) atoms. The second kappa shape index (κ2) is 7.89. The van der Waals surface area contributed by atoms with Crippen LogP contribution < -0.4 is 0 Å². The normalized spacial score (nSPS) is 11.4. The van der Waals surface area contributed by atoms with Crippen LogP contribution in [0.3, 0.4) is 0 Å². The second-order valence-corrected chi connectivity index (χ2v) is 8.22. The van der Waals surface area contributed by atoms with E-state index in [0.717, 1.165) is 23.1 Å². The molecular formula is C18H19ClFN3S2. The van der Waals surface area contributed by atoms with Gasteiger partial charge in [0.2, 0.25) is 0 Å². The van der Waals surface area contributed by atoms with E-state index in [2.05, 4.69) is 47.0 Å². The van der Waals surface area contributed by atoms with Crippen molar-refractivity contribution in [1.29, 1.82) is 0 Å². The fraction of sp³-hybridized carbons (Fsp3) is 0.333. The first-order valence-corrected chi connectivity index (χ1v) is 10.3. The van der Waals surface area contributed by atoms with Crippen LogP contribution in [0.4, 0.5) is 4.39 Å². The average Bonchev–Trinajstić information content (AvgIpc) is 3.20. The van der Waals surface area contributed by atoms with Gasteiger partial charge in [0, 0.05) is 38.7 Å². The largest absolute Gasteiger partial charge is 0.302 e. The summed E-state index contributed by atoms with van der Waals surface area (Å²) in [7, 11) is 0. The average molecular weight is 396 g/mol. The van der Waals surface area contributed by atoms with Crippen LogP contribution in [0.2, 0.25) is 5.02 Å². The van der Waals surface area contributed by atoms with Crippen molar-refractivity contribution < 1.29 is 4.39 Å². The van der Waals surface area contributed by atoms with Gasteiger partial charge >= 0.3 is 0 Å². The van der Waals surface area contributed by atoms with Gasteiger partial charge in [0.05, 0.1) is 0 Å². The lowest BCUT2D eigenvalue weighted by molar-refractivity contribution is 0.617. The maximum atomic E-state index is 13.9. The van der Waals surface area contributed by atoms with Gasteiger partial charge in [-0.25, -0.2) is 4.39 Å². The number of thiophene rings is 1. The van der Waals surface area contributed by atoms with Crippen molar-refractivity contribution in [3.05, 3.63) is 50.9 Å². The third-order valence-electron chi connectivity index (χ3n) is 3.89. The van der Waals surface area contributed by atoms with Crippen molar-refractivity contribution in [2.75, 3.05) is 0 Å². The fourth-order valence-corrected chi connectivity index (χ4v) is 4.72. The number of rotatable bonds is 6. The van der Waals surface area contributed by atoms with Gasteiger partial charge in [0.1, 0.15) is 5.82 Å². The summed E-state index contributed by atoms with van der Waals surface area (Å²) in [4.78, 5) is 1.33. The molecule has 0 amide bonds. The fourth-order valence-electron chi connectivity index (χ4n) is 2.47. The zero-order valence-electron chi connectivity index (χ0n) is 14.3. The van der Waals surface area contributed by atoms with E-state index in [1.165, 1.54) is 22.7 Å². The van der Waals surface area contributed by atoms with Crippen LogP contribution in [-0.4, -0.2) is 14.8 Å². The maximum Gasteiger partial charge on any atom is 0.191 e. The minimum Gasteiger partial charge on any atom is -0.302 e. The summed E-state index contributed by atoms with van der Waals surface area (Å²) >= 11 is 9.30. The Hall–Kier alpha value is -1.37. The molecule has 1 aromatic carbocycles. The molecule has 0 unspecified atom stereocenters. The van der Waals surface area contributed by atoms with Gasteiger partial charge in [0.15, 0.2) is 11.0 Å². The van der Waals surface area contributed by atoms with Crippen molar-refractivity contribution in [2.24, 2.45) is 0 Å². The van der Waals surface area contributed by atoms with Gasteiger partial charge in [-0.15, -0.1) is 21.5 Å². The minimum absolute atomic E-state index is 0.290. The Balaban J connectivity index is 1.84. The Morgan fingerprint density at radius 3 is 2.76 bits per heavy atom. The molecule has 3 aromatic rings. The Labute approximate surface area is 160 Å². The lowest BCUT2D eigenvalue weighted by Gasteiger charge is -2.08. The van der Waals surface area contributed by atoms with E-state index in [1.54, 1.807) is 23.5 Å². The number of hydrogen-bond acceptors (Lipinski definition) is 4. The molecule has 0 bridgehead atoms. The van der Waals surface area contributed by atoms with Gasteiger partial charge in [-0.2, -0.15) is 0 Å². The molecule has 2 heterocycles. The summed E-state index contributed by atoms with van der Waals surface area (Å²) in [5.41, 5.74) is 1.58. The highest BCUT2D eigenvalue weighted by atomic mass is 35.5. The molecule has 0 spiro atoms. The first-order valence-electron chi connectivity index (χ1n) is 8.09. The third-order valence-corrected chi connectivity index (χ3v) is 6.47. The van der Waals surface area contributed by atoms with Crippen LogP contribution in [0.15, 0.2) is 34.8 Å². The molecule has 0 radical (unpaired) electrons. The monoisotopic (exact) mass is 395 g/mol. The SMILES string of the molecule is CCn1c(SCc2c(F)cccc2Cl)nnc1-c1csc(C(C)C)c1. The minimum atomic E-state index is -0.290. The van der Waals surface area contributed by atoms with Crippen LogP contribution in [0.1, 0.15) is 37.1 Å². The number of hydrogen-bond donors (Lipinski definition) is 0. The zero-order valence-corrected chi connectivity index (χ0v) is 16.7. The molecule has 132 valence electrons. The summed E-state index contributed by atoms with van der Waals surface area (Å²) < 4.78 is 16.0. The van der Waals surface area contributed by atoms with E-state index < -0.39 is 0 Å². The van der Waals surface area contributed by atoms with Crippen molar-refractivity contribution in [1.82, 2.24) is 14.8 Å². The van der Waals surface area contributed by atoms with Crippen molar-refractivity contribution in [2.45, 2.75) is 44.1 Å². The molecule has 7 heteroatoms. The highest BCUT2D eigenvalue weighted by Gasteiger charge is 2.16. The molecular weight excluding hydrogens is 377 g/mol. The number of aromatic nitrogens is 3. The van der Waals surface area contributed by atoms with Crippen LogP contribution in [0.5, 0.6) is 0 Å². The maximum absolute atomic E-state index is 13.9. The standard InChI is InChI=1S/C18H19ClFN3S2/c1-4-23-17(12-8-16(11(2)3)24-9-12)21-22-18(23)25-10-13-14(19)6-5-7-15(13)20/h5-9,11H,4,10H2,1-3H3. The summed E-state index contributed by atoms with van der Waals surface area (Å²) in [5, 5.41) is 12.0. The molecule has 0 aliphatic carbocycles. The van der Waals surface area contributed by atoms with Crippen molar-refractivity contribution >= 4 is 34.7 Å². The van der Waals surface area contributed by atoms with Crippen LogP contribution in [-0.2, 0) is 12.3 Å². The lowest BCUT2D eigenvalue weighted by Crippen LogP contribution is -2.00. The van der Waals surface area contributed by atoms with E-state index in [1.807, 2.05) is 0 Å². The van der Waals surface area contributed by atoms with Crippen molar-refractivity contribution in [3.8, 4) is 11.4 Å². The molecule has 0 saturated carbocycles. The lowest BCUT2D eigenvalue weighted by atomic mass is 10.1. The Kier molecular flexibility index (Phi) is 5.81. The molecule has 2 aromatic heterocycles. The molecule has 3 rings (SSSR count). The summed E-state index contributed by atoms with van der Waals surface area (Å²) in [6.07, 6.45) is 0. The zero-order chi connectivity index (χ0) is 18.0. The van der Waals surface area contributed by atoms with E-state index in [0.29, 0.717) is 22.3 Å².